The molecular formula is C17H25BrN2O. The number of Topliss-reactive ketones (excluding diaryl/α,β-unsaturated/α-hetero) is 1. The topological polar surface area (TPSA) is 23.6 Å². The molecule has 0 saturated carbocycles. The minimum absolute atomic E-state index is 0.240. The molecule has 0 amide bonds. The average molecular weight is 353 g/mol. The molecule has 21 heavy (non-hydrogen) atoms. The maximum atomic E-state index is 12.3. The van der Waals surface area contributed by atoms with Gasteiger partial charge < -0.3 is 4.90 Å². The minimum atomic E-state index is 0.240. The van der Waals surface area contributed by atoms with E-state index in [2.05, 4.69) is 39.7 Å². The Bertz CT molecular complexity index is 478. The summed E-state index contributed by atoms with van der Waals surface area (Å²) in [5.41, 5.74) is 0.810. The minimum Gasteiger partial charge on any atom is -0.305 e. The zero-order valence-corrected chi connectivity index (χ0v) is 14.6. The van der Waals surface area contributed by atoms with Crippen molar-refractivity contribution >= 4 is 21.7 Å². The molecule has 1 atom stereocenters. The fourth-order valence-corrected chi connectivity index (χ4v) is 3.43. The fraction of sp³-hybridized carbons (Fsp3) is 0.588. The molecule has 0 bridgehead atoms. The first-order valence-electron chi connectivity index (χ1n) is 7.81. The molecule has 0 radical (unpaired) electrons. The Hall–Kier alpha value is -0.710. The van der Waals surface area contributed by atoms with Crippen LogP contribution in [0.1, 0.15) is 36.5 Å². The molecule has 1 aliphatic rings. The SMILES string of the molecule is CCC1CN(C)CCCN1CCC(=O)c1cccc(Br)c1. The Labute approximate surface area is 136 Å². The molecule has 4 heteroatoms. The highest BCUT2D eigenvalue weighted by Crippen LogP contribution is 2.16. The van der Waals surface area contributed by atoms with Crippen molar-refractivity contribution in [2.75, 3.05) is 33.2 Å². The van der Waals surface area contributed by atoms with E-state index in [4.69, 9.17) is 0 Å². The fourth-order valence-electron chi connectivity index (χ4n) is 3.03. The number of rotatable bonds is 5. The first kappa shape index (κ1) is 16.7. The Morgan fingerprint density at radius 2 is 2.19 bits per heavy atom. The van der Waals surface area contributed by atoms with Gasteiger partial charge in [0, 0.05) is 35.6 Å². The largest absolute Gasteiger partial charge is 0.305 e. The van der Waals surface area contributed by atoms with Crippen molar-refractivity contribution in [3.05, 3.63) is 34.3 Å². The van der Waals surface area contributed by atoms with E-state index in [-0.39, 0.29) is 5.78 Å². The quantitative estimate of drug-likeness (QED) is 0.758. The summed E-state index contributed by atoms with van der Waals surface area (Å²) in [4.78, 5) is 17.2. The van der Waals surface area contributed by atoms with Crippen molar-refractivity contribution < 1.29 is 4.79 Å². The van der Waals surface area contributed by atoms with Crippen LogP contribution in [0.5, 0.6) is 0 Å². The molecule has 2 rings (SSSR count). The van der Waals surface area contributed by atoms with E-state index in [0.29, 0.717) is 12.5 Å². The molecule has 1 unspecified atom stereocenters. The standard InChI is InChI=1S/C17H25BrN2O/c1-3-16-13-19(2)9-5-10-20(16)11-8-17(21)14-6-4-7-15(18)12-14/h4,6-7,12,16H,3,5,8-11,13H2,1-2H3. The lowest BCUT2D eigenvalue weighted by molar-refractivity contribution is 0.0948. The molecule has 1 aromatic rings. The number of ketones is 1. The van der Waals surface area contributed by atoms with Crippen molar-refractivity contribution in [1.29, 1.82) is 0 Å². The predicted molar refractivity (Wildman–Crippen MR) is 90.9 cm³/mol. The molecule has 1 aromatic carbocycles. The van der Waals surface area contributed by atoms with E-state index in [9.17, 15) is 4.79 Å². The predicted octanol–water partition coefficient (Wildman–Crippen LogP) is 3.44. The Morgan fingerprint density at radius 3 is 2.90 bits per heavy atom. The van der Waals surface area contributed by atoms with Crippen LogP contribution in [0.25, 0.3) is 0 Å². The van der Waals surface area contributed by atoms with Gasteiger partial charge in [0.25, 0.3) is 0 Å². The summed E-state index contributed by atoms with van der Waals surface area (Å²) in [6, 6.07) is 8.27. The average Bonchev–Trinajstić information content (AvgIpc) is 2.65. The number of likely N-dealkylation sites (N-methyl/N-ethyl adjacent to an activating group) is 1. The van der Waals surface area contributed by atoms with E-state index in [1.807, 2.05) is 24.3 Å². The second kappa shape index (κ2) is 8.06. The summed E-state index contributed by atoms with van der Waals surface area (Å²) in [7, 11) is 2.19. The van der Waals surface area contributed by atoms with Crippen LogP contribution in [-0.4, -0.2) is 54.9 Å². The van der Waals surface area contributed by atoms with Gasteiger partial charge in [0.2, 0.25) is 0 Å². The summed E-state index contributed by atoms with van der Waals surface area (Å²) in [5, 5.41) is 0. The van der Waals surface area contributed by atoms with E-state index in [1.54, 1.807) is 0 Å². The second-order valence-electron chi connectivity index (χ2n) is 5.90. The maximum Gasteiger partial charge on any atom is 0.164 e. The number of hydrogen-bond acceptors (Lipinski definition) is 3. The summed E-state index contributed by atoms with van der Waals surface area (Å²) in [5.74, 6) is 0.240. The molecule has 3 nitrogen and oxygen atoms in total. The van der Waals surface area contributed by atoms with Crippen LogP contribution in [0.3, 0.4) is 0 Å². The van der Waals surface area contributed by atoms with Crippen LogP contribution >= 0.6 is 15.9 Å². The third kappa shape index (κ3) is 4.90. The van der Waals surface area contributed by atoms with E-state index in [1.165, 1.54) is 6.42 Å². The molecule has 1 heterocycles. The van der Waals surface area contributed by atoms with Crippen LogP contribution in [0.4, 0.5) is 0 Å². The monoisotopic (exact) mass is 352 g/mol. The lowest BCUT2D eigenvalue weighted by Gasteiger charge is -2.29. The number of nitrogens with zero attached hydrogens (tertiary/aromatic N) is 2. The zero-order chi connectivity index (χ0) is 15.2. The lowest BCUT2D eigenvalue weighted by Crippen LogP contribution is -2.40. The van der Waals surface area contributed by atoms with Crippen LogP contribution in [-0.2, 0) is 0 Å². The number of carbonyl (C=O) groups excluding carboxylic acids is 1. The zero-order valence-electron chi connectivity index (χ0n) is 13.0. The smallest absolute Gasteiger partial charge is 0.164 e. The van der Waals surface area contributed by atoms with Crippen LogP contribution in [0, 0.1) is 0 Å². The molecule has 1 saturated heterocycles. The van der Waals surface area contributed by atoms with E-state index < -0.39 is 0 Å². The molecule has 0 aromatic heterocycles. The highest BCUT2D eigenvalue weighted by molar-refractivity contribution is 9.10. The van der Waals surface area contributed by atoms with Gasteiger partial charge in [0.15, 0.2) is 5.78 Å². The van der Waals surface area contributed by atoms with Gasteiger partial charge in [-0.2, -0.15) is 0 Å². The first-order chi connectivity index (χ1) is 10.1. The summed E-state index contributed by atoms with van der Waals surface area (Å²) < 4.78 is 0.969. The van der Waals surface area contributed by atoms with Crippen molar-refractivity contribution in [1.82, 2.24) is 9.80 Å². The summed E-state index contributed by atoms with van der Waals surface area (Å²) in [6.07, 6.45) is 2.95. The van der Waals surface area contributed by atoms with Crippen molar-refractivity contribution in [3.63, 3.8) is 0 Å². The Morgan fingerprint density at radius 1 is 1.38 bits per heavy atom. The number of hydrogen-bond donors (Lipinski definition) is 0. The number of benzene rings is 1. The van der Waals surface area contributed by atoms with Crippen LogP contribution < -0.4 is 0 Å². The van der Waals surface area contributed by atoms with Crippen LogP contribution in [0.15, 0.2) is 28.7 Å². The van der Waals surface area contributed by atoms with Crippen LogP contribution in [0.2, 0.25) is 0 Å². The number of halogens is 1. The van der Waals surface area contributed by atoms with Gasteiger partial charge >= 0.3 is 0 Å². The van der Waals surface area contributed by atoms with Gasteiger partial charge in [-0.1, -0.05) is 35.0 Å². The third-order valence-corrected chi connectivity index (χ3v) is 4.76. The van der Waals surface area contributed by atoms with Gasteiger partial charge in [-0.15, -0.1) is 0 Å². The number of carbonyl (C=O) groups is 1. The summed E-state index contributed by atoms with van der Waals surface area (Å²) >= 11 is 3.43. The van der Waals surface area contributed by atoms with Gasteiger partial charge in [-0.3, -0.25) is 9.69 Å². The first-order valence-corrected chi connectivity index (χ1v) is 8.60. The maximum absolute atomic E-state index is 12.3. The van der Waals surface area contributed by atoms with Crippen molar-refractivity contribution in [2.24, 2.45) is 0 Å². The molecular weight excluding hydrogens is 328 g/mol. The Kier molecular flexibility index (Phi) is 6.40. The van der Waals surface area contributed by atoms with Crippen molar-refractivity contribution in [3.8, 4) is 0 Å². The molecule has 0 aliphatic carbocycles. The molecule has 1 fully saturated rings. The van der Waals surface area contributed by atoms with Gasteiger partial charge in [-0.05, 0) is 45.1 Å². The molecule has 116 valence electrons. The van der Waals surface area contributed by atoms with Crippen molar-refractivity contribution in [2.45, 2.75) is 32.2 Å². The molecule has 0 N–H and O–H groups in total. The Balaban J connectivity index is 1.93. The highest BCUT2D eigenvalue weighted by Gasteiger charge is 2.22. The van der Waals surface area contributed by atoms with Gasteiger partial charge in [0.1, 0.15) is 0 Å². The molecule has 0 spiro atoms. The summed E-state index contributed by atoms with van der Waals surface area (Å²) in [6.45, 7) is 6.49. The third-order valence-electron chi connectivity index (χ3n) is 4.27. The lowest BCUT2D eigenvalue weighted by atomic mass is 10.1. The van der Waals surface area contributed by atoms with Gasteiger partial charge in [-0.25, -0.2) is 0 Å². The second-order valence-corrected chi connectivity index (χ2v) is 6.81. The van der Waals surface area contributed by atoms with E-state index >= 15 is 0 Å². The molecule has 1 aliphatic heterocycles. The van der Waals surface area contributed by atoms with Gasteiger partial charge in [0.05, 0.1) is 0 Å². The van der Waals surface area contributed by atoms with E-state index in [0.717, 1.165) is 42.6 Å². The normalized spacial score (nSPS) is 21.2. The highest BCUT2D eigenvalue weighted by atomic mass is 79.9.